The van der Waals surface area contributed by atoms with Crippen LogP contribution in [0.25, 0.3) is 0 Å². The van der Waals surface area contributed by atoms with Crippen molar-refractivity contribution in [2.45, 2.75) is 25.5 Å². The first-order valence-electron chi connectivity index (χ1n) is 3.85. The Balaban J connectivity index is 3.94. The standard InChI is InChI=1S/C7H14N2O4/c1-4(11)2-6(12)9-5(3-10)7(8)13/h4-5,10-11H,2-3H2,1H3,(H2,8,13)(H,9,12)/t4-,5-/m1/s1. The molecule has 0 rings (SSSR count). The highest BCUT2D eigenvalue weighted by molar-refractivity contribution is 5.86. The molecule has 2 atom stereocenters. The minimum absolute atomic E-state index is 0.121. The normalized spacial score (nSPS) is 14.7. The Hall–Kier alpha value is -1.14. The van der Waals surface area contributed by atoms with Crippen LogP contribution >= 0.6 is 0 Å². The molecule has 0 fully saturated rings. The number of amides is 2. The van der Waals surface area contributed by atoms with Crippen molar-refractivity contribution >= 4 is 11.8 Å². The third-order valence-electron chi connectivity index (χ3n) is 1.34. The minimum Gasteiger partial charge on any atom is -0.394 e. The Bertz CT molecular complexity index is 193. The van der Waals surface area contributed by atoms with Gasteiger partial charge in [-0.2, -0.15) is 0 Å². The molecular formula is C7H14N2O4. The van der Waals surface area contributed by atoms with E-state index in [0.29, 0.717) is 0 Å². The molecule has 0 unspecified atom stereocenters. The topological polar surface area (TPSA) is 113 Å². The zero-order valence-corrected chi connectivity index (χ0v) is 7.36. The van der Waals surface area contributed by atoms with E-state index in [1.165, 1.54) is 6.92 Å². The van der Waals surface area contributed by atoms with E-state index in [1.807, 2.05) is 0 Å². The lowest BCUT2D eigenvalue weighted by molar-refractivity contribution is -0.129. The highest BCUT2D eigenvalue weighted by atomic mass is 16.3. The van der Waals surface area contributed by atoms with E-state index in [1.54, 1.807) is 0 Å². The second-order valence-corrected chi connectivity index (χ2v) is 2.76. The third-order valence-corrected chi connectivity index (χ3v) is 1.34. The van der Waals surface area contributed by atoms with Gasteiger partial charge >= 0.3 is 0 Å². The van der Waals surface area contributed by atoms with E-state index in [9.17, 15) is 9.59 Å². The number of carbonyl (C=O) groups is 2. The van der Waals surface area contributed by atoms with E-state index < -0.39 is 30.6 Å². The van der Waals surface area contributed by atoms with Crippen LogP contribution < -0.4 is 11.1 Å². The summed E-state index contributed by atoms with van der Waals surface area (Å²) in [5.41, 5.74) is 4.85. The van der Waals surface area contributed by atoms with Gasteiger partial charge in [-0.3, -0.25) is 9.59 Å². The van der Waals surface area contributed by atoms with Crippen LogP contribution in [0.3, 0.4) is 0 Å². The zero-order valence-electron chi connectivity index (χ0n) is 7.36. The second-order valence-electron chi connectivity index (χ2n) is 2.76. The van der Waals surface area contributed by atoms with E-state index in [2.05, 4.69) is 5.32 Å². The lowest BCUT2D eigenvalue weighted by Gasteiger charge is -2.12. The molecule has 76 valence electrons. The highest BCUT2D eigenvalue weighted by Crippen LogP contribution is 1.90. The Morgan fingerprint density at radius 1 is 1.54 bits per heavy atom. The first kappa shape index (κ1) is 11.9. The summed E-state index contributed by atoms with van der Waals surface area (Å²) in [5.74, 6) is -1.32. The van der Waals surface area contributed by atoms with E-state index in [0.717, 1.165) is 0 Å². The highest BCUT2D eigenvalue weighted by Gasteiger charge is 2.17. The molecule has 0 aromatic carbocycles. The van der Waals surface area contributed by atoms with Gasteiger partial charge in [0, 0.05) is 0 Å². The summed E-state index contributed by atoms with van der Waals surface area (Å²) >= 11 is 0. The van der Waals surface area contributed by atoms with Crippen molar-refractivity contribution in [2.75, 3.05) is 6.61 Å². The number of primary amides is 1. The average Bonchev–Trinajstić information content (AvgIpc) is 1.98. The van der Waals surface area contributed by atoms with Crippen molar-refractivity contribution in [3.05, 3.63) is 0 Å². The van der Waals surface area contributed by atoms with Crippen LogP contribution in [0, 0.1) is 0 Å². The number of rotatable bonds is 5. The van der Waals surface area contributed by atoms with Gasteiger partial charge in [0.15, 0.2) is 0 Å². The maximum Gasteiger partial charge on any atom is 0.242 e. The Morgan fingerprint density at radius 3 is 2.38 bits per heavy atom. The monoisotopic (exact) mass is 190 g/mol. The molecule has 0 aromatic heterocycles. The number of aliphatic hydroxyl groups excluding tert-OH is 2. The van der Waals surface area contributed by atoms with Crippen LogP contribution in [-0.4, -0.2) is 40.8 Å². The van der Waals surface area contributed by atoms with Crippen molar-refractivity contribution in [3.8, 4) is 0 Å². The predicted octanol–water partition coefficient (Wildman–Crippen LogP) is -2.28. The van der Waals surface area contributed by atoms with Crippen molar-refractivity contribution in [3.63, 3.8) is 0 Å². The van der Waals surface area contributed by atoms with Crippen LogP contribution in [-0.2, 0) is 9.59 Å². The third kappa shape index (κ3) is 5.15. The first-order chi connectivity index (χ1) is 5.97. The summed E-state index contributed by atoms with van der Waals surface area (Å²) < 4.78 is 0. The zero-order chi connectivity index (χ0) is 10.4. The maximum atomic E-state index is 10.9. The summed E-state index contributed by atoms with van der Waals surface area (Å²) in [6.45, 7) is 0.901. The Kier molecular flexibility index (Phi) is 5.01. The van der Waals surface area contributed by atoms with E-state index in [4.69, 9.17) is 15.9 Å². The summed E-state index contributed by atoms with van der Waals surface area (Å²) in [6.07, 6.45) is -0.906. The smallest absolute Gasteiger partial charge is 0.242 e. The predicted molar refractivity (Wildman–Crippen MR) is 44.5 cm³/mol. The molecule has 0 aliphatic carbocycles. The molecule has 0 radical (unpaired) electrons. The maximum absolute atomic E-state index is 10.9. The molecule has 0 aromatic rings. The molecule has 6 nitrogen and oxygen atoms in total. The van der Waals surface area contributed by atoms with Gasteiger partial charge in [0.2, 0.25) is 11.8 Å². The largest absolute Gasteiger partial charge is 0.394 e. The van der Waals surface area contributed by atoms with E-state index >= 15 is 0 Å². The van der Waals surface area contributed by atoms with Gasteiger partial charge in [0.1, 0.15) is 6.04 Å². The molecule has 0 aliphatic rings. The van der Waals surface area contributed by atoms with Gasteiger partial charge in [-0.05, 0) is 6.92 Å². The van der Waals surface area contributed by atoms with Crippen LogP contribution in [0.5, 0.6) is 0 Å². The number of nitrogens with one attached hydrogen (secondary N) is 1. The Morgan fingerprint density at radius 2 is 2.08 bits per heavy atom. The molecule has 6 heteroatoms. The van der Waals surface area contributed by atoms with Gasteiger partial charge in [-0.1, -0.05) is 0 Å². The van der Waals surface area contributed by atoms with Crippen molar-refractivity contribution in [1.29, 1.82) is 0 Å². The molecule has 13 heavy (non-hydrogen) atoms. The van der Waals surface area contributed by atoms with Crippen molar-refractivity contribution < 1.29 is 19.8 Å². The van der Waals surface area contributed by atoms with Crippen molar-refractivity contribution in [2.24, 2.45) is 5.73 Å². The summed E-state index contributed by atoms with van der Waals surface area (Å²) in [7, 11) is 0. The number of carbonyl (C=O) groups excluding carboxylic acids is 2. The van der Waals surface area contributed by atoms with E-state index in [-0.39, 0.29) is 6.42 Å². The lowest BCUT2D eigenvalue weighted by atomic mass is 10.2. The number of nitrogens with two attached hydrogens (primary N) is 1. The van der Waals surface area contributed by atoms with Crippen LogP contribution in [0.2, 0.25) is 0 Å². The molecule has 2 amide bonds. The fourth-order valence-electron chi connectivity index (χ4n) is 0.728. The summed E-state index contributed by atoms with van der Waals surface area (Å²) in [5, 5.41) is 19.6. The molecule has 0 spiro atoms. The minimum atomic E-state index is -1.08. The fraction of sp³-hybridized carbons (Fsp3) is 0.714. The molecule has 0 saturated heterocycles. The SMILES string of the molecule is C[C@@H](O)CC(=O)N[C@H](CO)C(N)=O. The molecule has 0 saturated carbocycles. The molecule has 0 heterocycles. The van der Waals surface area contributed by atoms with Crippen LogP contribution in [0.4, 0.5) is 0 Å². The van der Waals surface area contributed by atoms with Crippen molar-refractivity contribution in [1.82, 2.24) is 5.32 Å². The Labute approximate surface area is 75.7 Å². The van der Waals surface area contributed by atoms with Gasteiger partial charge in [0.25, 0.3) is 0 Å². The molecule has 0 aliphatic heterocycles. The molecule has 5 N–H and O–H groups in total. The van der Waals surface area contributed by atoms with Gasteiger partial charge in [-0.25, -0.2) is 0 Å². The van der Waals surface area contributed by atoms with Gasteiger partial charge < -0.3 is 21.3 Å². The van der Waals surface area contributed by atoms with Crippen LogP contribution in [0.15, 0.2) is 0 Å². The van der Waals surface area contributed by atoms with Crippen LogP contribution in [0.1, 0.15) is 13.3 Å². The molecule has 0 bridgehead atoms. The van der Waals surface area contributed by atoms with Gasteiger partial charge in [-0.15, -0.1) is 0 Å². The number of aliphatic hydroxyl groups is 2. The molecular weight excluding hydrogens is 176 g/mol. The average molecular weight is 190 g/mol. The first-order valence-corrected chi connectivity index (χ1v) is 3.85. The summed E-state index contributed by atoms with van der Waals surface area (Å²) in [6, 6.07) is -1.08. The van der Waals surface area contributed by atoms with Gasteiger partial charge in [0.05, 0.1) is 19.1 Å². The quantitative estimate of drug-likeness (QED) is 0.391. The fourth-order valence-corrected chi connectivity index (χ4v) is 0.728. The summed E-state index contributed by atoms with van der Waals surface area (Å²) in [4.78, 5) is 21.5. The lowest BCUT2D eigenvalue weighted by Crippen LogP contribution is -2.47. The second kappa shape index (κ2) is 5.50. The number of hydrogen-bond acceptors (Lipinski definition) is 4. The number of hydrogen-bond donors (Lipinski definition) is 4.